The van der Waals surface area contributed by atoms with Gasteiger partial charge in [0.15, 0.2) is 0 Å². The van der Waals surface area contributed by atoms with Gasteiger partial charge in [0.05, 0.1) is 11.7 Å². The van der Waals surface area contributed by atoms with Gasteiger partial charge in [0, 0.05) is 42.9 Å². The number of amides is 1. The molecule has 170 valence electrons. The number of aliphatic hydroxyl groups is 1. The molecule has 3 fully saturated rings. The summed E-state index contributed by atoms with van der Waals surface area (Å²) in [4.78, 5) is 19.3. The van der Waals surface area contributed by atoms with Gasteiger partial charge in [0.25, 0.3) is 5.91 Å². The minimum Gasteiger partial charge on any atom is -0.393 e. The molecule has 0 bridgehead atoms. The first-order valence-corrected chi connectivity index (χ1v) is 11.6. The van der Waals surface area contributed by atoms with Crippen molar-refractivity contribution in [2.45, 2.75) is 49.7 Å². The predicted octanol–water partition coefficient (Wildman–Crippen LogP) is 2.91. The highest BCUT2D eigenvalue weighted by molar-refractivity contribution is 5.99. The average Bonchev–Trinajstić information content (AvgIpc) is 3.37. The summed E-state index contributed by atoms with van der Waals surface area (Å²) in [6.45, 7) is 2.17. The SMILES string of the molecule is Nc1ncc(-c2ccc([C@]34C[C@H]3CN(CCF)C4)cc2)cc1C(=O)N[C@H]1CC[C@H](O)CC1. The number of likely N-dealkylation sites (tertiary alicyclic amines) is 1. The lowest BCUT2D eigenvalue weighted by atomic mass is 9.92. The molecule has 2 aliphatic carbocycles. The molecule has 7 heteroatoms. The van der Waals surface area contributed by atoms with E-state index in [1.54, 1.807) is 12.3 Å². The predicted molar refractivity (Wildman–Crippen MR) is 122 cm³/mol. The number of nitrogens with zero attached hydrogens (tertiary/aromatic N) is 2. The summed E-state index contributed by atoms with van der Waals surface area (Å²) in [5, 5.41) is 12.7. The van der Waals surface area contributed by atoms with Crippen LogP contribution in [0.4, 0.5) is 10.2 Å². The zero-order chi connectivity index (χ0) is 22.3. The van der Waals surface area contributed by atoms with E-state index >= 15 is 0 Å². The van der Waals surface area contributed by atoms with E-state index < -0.39 is 0 Å². The van der Waals surface area contributed by atoms with Crippen LogP contribution in [0.15, 0.2) is 36.5 Å². The Morgan fingerprint density at radius 3 is 2.69 bits per heavy atom. The van der Waals surface area contributed by atoms with Gasteiger partial charge in [0.2, 0.25) is 0 Å². The minimum atomic E-state index is -0.287. The number of aromatic nitrogens is 1. The van der Waals surface area contributed by atoms with Crippen molar-refractivity contribution in [1.29, 1.82) is 0 Å². The normalized spacial score (nSPS) is 29.5. The Balaban J connectivity index is 1.30. The number of nitrogens with one attached hydrogen (secondary N) is 1. The molecule has 1 saturated heterocycles. The van der Waals surface area contributed by atoms with Gasteiger partial charge in [0.1, 0.15) is 12.5 Å². The van der Waals surface area contributed by atoms with Crippen molar-refractivity contribution in [3.63, 3.8) is 0 Å². The zero-order valence-corrected chi connectivity index (χ0v) is 18.3. The number of nitrogen functional groups attached to an aromatic ring is 1. The third kappa shape index (κ3) is 3.99. The van der Waals surface area contributed by atoms with Gasteiger partial charge < -0.3 is 16.2 Å². The molecule has 6 nitrogen and oxygen atoms in total. The summed E-state index contributed by atoms with van der Waals surface area (Å²) < 4.78 is 12.7. The fraction of sp³-hybridized carbons (Fsp3) is 0.520. The van der Waals surface area contributed by atoms with Crippen molar-refractivity contribution in [2.75, 3.05) is 32.0 Å². The molecule has 32 heavy (non-hydrogen) atoms. The monoisotopic (exact) mass is 438 g/mol. The summed E-state index contributed by atoms with van der Waals surface area (Å²) in [5.41, 5.74) is 9.75. The van der Waals surface area contributed by atoms with Crippen LogP contribution in [0.3, 0.4) is 0 Å². The first-order chi connectivity index (χ1) is 15.5. The highest BCUT2D eigenvalue weighted by atomic mass is 19.1. The molecule has 3 aliphatic rings. The third-order valence-corrected chi connectivity index (χ3v) is 7.61. The number of carbonyl (C=O) groups is 1. The summed E-state index contributed by atoms with van der Waals surface area (Å²) in [6, 6.07) is 10.3. The number of pyridine rings is 1. The van der Waals surface area contributed by atoms with E-state index in [4.69, 9.17) is 5.73 Å². The van der Waals surface area contributed by atoms with Crippen LogP contribution in [0.25, 0.3) is 11.1 Å². The molecular formula is C25H31FN4O2. The van der Waals surface area contributed by atoms with Gasteiger partial charge in [-0.2, -0.15) is 0 Å². The van der Waals surface area contributed by atoms with Crippen molar-refractivity contribution < 1.29 is 14.3 Å². The van der Waals surface area contributed by atoms with E-state index in [9.17, 15) is 14.3 Å². The highest BCUT2D eigenvalue weighted by Crippen LogP contribution is 2.59. The Morgan fingerprint density at radius 2 is 1.97 bits per heavy atom. The van der Waals surface area contributed by atoms with Crippen molar-refractivity contribution in [3.8, 4) is 11.1 Å². The lowest BCUT2D eigenvalue weighted by molar-refractivity contribution is 0.0868. The topological polar surface area (TPSA) is 91.5 Å². The van der Waals surface area contributed by atoms with Crippen LogP contribution >= 0.6 is 0 Å². The second kappa shape index (κ2) is 8.45. The van der Waals surface area contributed by atoms with E-state index in [1.807, 2.05) is 0 Å². The molecule has 1 aliphatic heterocycles. The van der Waals surface area contributed by atoms with Gasteiger partial charge in [-0.3, -0.25) is 9.69 Å². The van der Waals surface area contributed by atoms with Crippen LogP contribution in [0.1, 0.15) is 48.0 Å². The fourth-order valence-electron chi connectivity index (χ4n) is 5.62. The number of hydrogen-bond donors (Lipinski definition) is 3. The lowest BCUT2D eigenvalue weighted by Gasteiger charge is -2.26. The number of hydrogen-bond acceptors (Lipinski definition) is 5. The van der Waals surface area contributed by atoms with Crippen molar-refractivity contribution in [2.24, 2.45) is 5.92 Å². The van der Waals surface area contributed by atoms with E-state index in [0.717, 1.165) is 37.1 Å². The number of aliphatic hydroxyl groups excluding tert-OH is 1. The molecule has 0 radical (unpaired) electrons. The molecule has 5 rings (SSSR count). The third-order valence-electron chi connectivity index (χ3n) is 7.61. The molecule has 0 spiro atoms. The van der Waals surface area contributed by atoms with Crippen molar-refractivity contribution >= 4 is 11.7 Å². The Kier molecular flexibility index (Phi) is 5.63. The summed E-state index contributed by atoms with van der Waals surface area (Å²) >= 11 is 0. The number of halogens is 1. The molecule has 4 N–H and O–H groups in total. The quantitative estimate of drug-likeness (QED) is 0.645. The Hall–Kier alpha value is -2.51. The van der Waals surface area contributed by atoms with Gasteiger partial charge in [-0.05, 0) is 55.2 Å². The van der Waals surface area contributed by atoms with E-state index in [1.165, 1.54) is 12.0 Å². The summed E-state index contributed by atoms with van der Waals surface area (Å²) in [6.07, 6.45) is 5.58. The number of piperidine rings is 1. The minimum absolute atomic E-state index is 0.0577. The van der Waals surface area contributed by atoms with Crippen LogP contribution in [0.2, 0.25) is 0 Å². The number of nitrogens with two attached hydrogens (primary N) is 1. The van der Waals surface area contributed by atoms with Gasteiger partial charge in [-0.25, -0.2) is 9.37 Å². The molecule has 2 aromatic rings. The largest absolute Gasteiger partial charge is 0.393 e. The molecule has 1 amide bonds. The van der Waals surface area contributed by atoms with Crippen LogP contribution in [0, 0.1) is 5.92 Å². The van der Waals surface area contributed by atoms with Gasteiger partial charge in [-0.15, -0.1) is 0 Å². The molecule has 2 atom stereocenters. The van der Waals surface area contributed by atoms with Crippen molar-refractivity contribution in [1.82, 2.24) is 15.2 Å². The highest BCUT2D eigenvalue weighted by Gasteiger charge is 2.60. The molecule has 1 aromatic heterocycles. The second-order valence-corrected chi connectivity index (χ2v) is 9.69. The smallest absolute Gasteiger partial charge is 0.255 e. The molecular weight excluding hydrogens is 407 g/mol. The van der Waals surface area contributed by atoms with Crippen LogP contribution in [0.5, 0.6) is 0 Å². The van der Waals surface area contributed by atoms with E-state index in [0.29, 0.717) is 30.9 Å². The maximum atomic E-state index is 12.8. The van der Waals surface area contributed by atoms with E-state index in [2.05, 4.69) is 39.5 Å². The molecule has 1 aromatic carbocycles. The maximum Gasteiger partial charge on any atom is 0.255 e. The number of carbonyl (C=O) groups excluding carboxylic acids is 1. The number of fused-ring (bicyclic) bond motifs is 1. The number of alkyl halides is 1. The maximum absolute atomic E-state index is 12.8. The molecule has 0 unspecified atom stereocenters. The summed E-state index contributed by atoms with van der Waals surface area (Å²) in [7, 11) is 0. The van der Waals surface area contributed by atoms with Crippen molar-refractivity contribution in [3.05, 3.63) is 47.7 Å². The molecule has 2 saturated carbocycles. The molecule has 2 heterocycles. The lowest BCUT2D eigenvalue weighted by Crippen LogP contribution is -2.38. The second-order valence-electron chi connectivity index (χ2n) is 9.69. The zero-order valence-electron chi connectivity index (χ0n) is 18.3. The standard InChI is InChI=1S/C25H31FN4O2/c26-9-10-30-14-19-12-25(19,15-30)18-3-1-16(2-4-18)17-11-22(23(27)28-13-17)24(32)29-20-5-7-21(31)8-6-20/h1-4,11,13,19-21,31H,5-10,12,14-15H2,(H2,27,28)(H,29,32)/t19-,20-,21-,25+/m0/s1. The van der Waals surface area contributed by atoms with Crippen LogP contribution in [-0.2, 0) is 5.41 Å². The Morgan fingerprint density at radius 1 is 1.22 bits per heavy atom. The number of benzene rings is 1. The average molecular weight is 439 g/mol. The van der Waals surface area contributed by atoms with Gasteiger partial charge in [-0.1, -0.05) is 24.3 Å². The van der Waals surface area contributed by atoms with Crippen LogP contribution in [-0.4, -0.2) is 59.4 Å². The number of anilines is 1. The summed E-state index contributed by atoms with van der Waals surface area (Å²) in [5.74, 6) is 0.639. The Labute approximate surface area is 188 Å². The van der Waals surface area contributed by atoms with E-state index in [-0.39, 0.29) is 36.0 Å². The first kappa shape index (κ1) is 21.3. The number of rotatable bonds is 6. The first-order valence-electron chi connectivity index (χ1n) is 11.6. The Bertz CT molecular complexity index is 990. The van der Waals surface area contributed by atoms with Crippen LogP contribution < -0.4 is 11.1 Å². The van der Waals surface area contributed by atoms with Gasteiger partial charge >= 0.3 is 0 Å². The fourth-order valence-corrected chi connectivity index (χ4v) is 5.62.